The van der Waals surface area contributed by atoms with E-state index in [0.717, 1.165) is 12.1 Å². The fraction of sp³-hybridized carbons (Fsp3) is 0.286. The second kappa shape index (κ2) is 5.40. The highest BCUT2D eigenvalue weighted by Gasteiger charge is 2.21. The van der Waals surface area contributed by atoms with Gasteiger partial charge in [0.25, 0.3) is 5.91 Å². The average molecular weight is 279 g/mol. The van der Waals surface area contributed by atoms with E-state index in [9.17, 15) is 13.6 Å². The van der Waals surface area contributed by atoms with Crippen molar-refractivity contribution in [2.45, 2.75) is 26.8 Å². The summed E-state index contributed by atoms with van der Waals surface area (Å²) in [6.07, 6.45) is 0. The van der Waals surface area contributed by atoms with E-state index in [4.69, 9.17) is 0 Å². The second-order valence-corrected chi connectivity index (χ2v) is 4.64. The molecule has 1 amide bonds. The Labute approximate surface area is 115 Å². The number of rotatable bonds is 3. The van der Waals surface area contributed by atoms with Crippen molar-refractivity contribution >= 4 is 5.91 Å². The molecular formula is C14H15F2N3O. The number of aromatic amines is 1. The zero-order valence-corrected chi connectivity index (χ0v) is 11.4. The molecule has 0 aliphatic rings. The van der Waals surface area contributed by atoms with Crippen LogP contribution < -0.4 is 5.32 Å². The van der Waals surface area contributed by atoms with Gasteiger partial charge in [-0.1, -0.05) is 6.07 Å². The van der Waals surface area contributed by atoms with Crippen LogP contribution in [-0.2, 0) is 0 Å². The van der Waals surface area contributed by atoms with E-state index in [2.05, 4.69) is 15.5 Å². The first-order valence-electron chi connectivity index (χ1n) is 6.18. The van der Waals surface area contributed by atoms with Crippen LogP contribution in [0, 0.1) is 25.5 Å². The highest BCUT2D eigenvalue weighted by molar-refractivity contribution is 5.96. The molecule has 0 fully saturated rings. The molecule has 20 heavy (non-hydrogen) atoms. The van der Waals surface area contributed by atoms with Gasteiger partial charge in [-0.3, -0.25) is 9.89 Å². The SMILES string of the molecule is Cc1n[nH]c(C)c1C(=O)NC(C)c1c(F)cccc1F. The normalized spacial score (nSPS) is 12.2. The summed E-state index contributed by atoms with van der Waals surface area (Å²) in [6.45, 7) is 4.93. The first kappa shape index (κ1) is 14.2. The van der Waals surface area contributed by atoms with E-state index in [-0.39, 0.29) is 5.56 Å². The minimum absolute atomic E-state index is 0.153. The summed E-state index contributed by atoms with van der Waals surface area (Å²) >= 11 is 0. The number of aromatic nitrogens is 2. The van der Waals surface area contributed by atoms with Gasteiger partial charge in [-0.25, -0.2) is 8.78 Å². The number of aryl methyl sites for hydroxylation is 2. The van der Waals surface area contributed by atoms with Crippen LogP contribution in [0.5, 0.6) is 0 Å². The number of benzene rings is 1. The maximum atomic E-state index is 13.6. The lowest BCUT2D eigenvalue weighted by molar-refractivity contribution is 0.0937. The van der Waals surface area contributed by atoms with E-state index in [1.165, 1.54) is 13.0 Å². The number of hydrogen-bond donors (Lipinski definition) is 2. The van der Waals surface area contributed by atoms with Gasteiger partial charge in [0.15, 0.2) is 0 Å². The van der Waals surface area contributed by atoms with Crippen molar-refractivity contribution in [1.29, 1.82) is 0 Å². The van der Waals surface area contributed by atoms with Gasteiger partial charge < -0.3 is 5.32 Å². The maximum Gasteiger partial charge on any atom is 0.255 e. The molecule has 1 unspecified atom stereocenters. The third-order valence-corrected chi connectivity index (χ3v) is 3.14. The molecule has 0 saturated carbocycles. The molecule has 2 aromatic rings. The van der Waals surface area contributed by atoms with E-state index >= 15 is 0 Å². The summed E-state index contributed by atoms with van der Waals surface area (Å²) < 4.78 is 27.3. The van der Waals surface area contributed by atoms with Crippen LogP contribution in [0.25, 0.3) is 0 Å². The van der Waals surface area contributed by atoms with Gasteiger partial charge in [-0.2, -0.15) is 5.10 Å². The Hall–Kier alpha value is -2.24. The van der Waals surface area contributed by atoms with Gasteiger partial charge in [0.05, 0.1) is 17.3 Å². The smallest absolute Gasteiger partial charge is 0.255 e. The lowest BCUT2D eigenvalue weighted by atomic mass is 10.1. The first-order valence-corrected chi connectivity index (χ1v) is 6.18. The van der Waals surface area contributed by atoms with Gasteiger partial charge in [-0.05, 0) is 32.9 Å². The number of H-pyrrole nitrogens is 1. The van der Waals surface area contributed by atoms with Crippen LogP contribution in [0.2, 0.25) is 0 Å². The Morgan fingerprint density at radius 1 is 1.30 bits per heavy atom. The summed E-state index contributed by atoms with van der Waals surface area (Å²) in [6, 6.07) is 2.83. The number of halogens is 2. The molecule has 2 rings (SSSR count). The van der Waals surface area contributed by atoms with E-state index in [1.54, 1.807) is 13.8 Å². The van der Waals surface area contributed by atoms with Gasteiger partial charge in [-0.15, -0.1) is 0 Å². The van der Waals surface area contributed by atoms with Crippen LogP contribution in [0.4, 0.5) is 8.78 Å². The largest absolute Gasteiger partial charge is 0.345 e. The lowest BCUT2D eigenvalue weighted by Crippen LogP contribution is -2.28. The van der Waals surface area contributed by atoms with Gasteiger partial charge in [0.2, 0.25) is 0 Å². The topological polar surface area (TPSA) is 57.8 Å². The molecule has 106 valence electrons. The third-order valence-electron chi connectivity index (χ3n) is 3.14. The van der Waals surface area contributed by atoms with Crippen LogP contribution in [0.1, 0.15) is 40.3 Å². The highest BCUT2D eigenvalue weighted by Crippen LogP contribution is 2.21. The Balaban J connectivity index is 2.24. The number of hydrogen-bond acceptors (Lipinski definition) is 2. The van der Waals surface area contributed by atoms with E-state index in [0.29, 0.717) is 17.0 Å². The van der Waals surface area contributed by atoms with Crippen LogP contribution in [0.3, 0.4) is 0 Å². The molecule has 1 atom stereocenters. The standard InChI is InChI=1S/C14H15F2N3O/c1-7(13-10(15)5-4-6-11(13)16)17-14(20)12-8(2)18-19-9(12)3/h4-7H,1-3H3,(H,17,20)(H,18,19). The Morgan fingerprint density at radius 2 is 1.90 bits per heavy atom. The quantitative estimate of drug-likeness (QED) is 0.907. The number of carbonyl (C=O) groups excluding carboxylic acids is 1. The predicted molar refractivity (Wildman–Crippen MR) is 70.3 cm³/mol. The van der Waals surface area contributed by atoms with Gasteiger partial charge in [0, 0.05) is 11.3 Å². The van der Waals surface area contributed by atoms with Crippen molar-refractivity contribution in [3.05, 3.63) is 52.3 Å². The molecule has 0 spiro atoms. The fourth-order valence-electron chi connectivity index (χ4n) is 2.15. The van der Waals surface area contributed by atoms with E-state index in [1.807, 2.05) is 0 Å². The minimum atomic E-state index is -0.780. The Morgan fingerprint density at radius 3 is 2.40 bits per heavy atom. The molecule has 0 saturated heterocycles. The monoisotopic (exact) mass is 279 g/mol. The summed E-state index contributed by atoms with van der Waals surface area (Å²) in [5, 5.41) is 9.20. The molecule has 0 aliphatic heterocycles. The summed E-state index contributed by atoms with van der Waals surface area (Å²) in [7, 11) is 0. The Kier molecular flexibility index (Phi) is 3.83. The molecule has 6 heteroatoms. The molecule has 1 aromatic carbocycles. The van der Waals surface area contributed by atoms with Crippen LogP contribution >= 0.6 is 0 Å². The predicted octanol–water partition coefficient (Wildman–Crippen LogP) is 2.80. The number of nitrogens with one attached hydrogen (secondary N) is 2. The summed E-state index contributed by atoms with van der Waals surface area (Å²) in [4.78, 5) is 12.1. The van der Waals surface area contributed by atoms with Crippen molar-refractivity contribution in [2.75, 3.05) is 0 Å². The number of carbonyl (C=O) groups is 1. The molecular weight excluding hydrogens is 264 g/mol. The van der Waals surface area contributed by atoms with Crippen molar-refractivity contribution < 1.29 is 13.6 Å². The molecule has 0 radical (unpaired) electrons. The minimum Gasteiger partial charge on any atom is -0.345 e. The van der Waals surface area contributed by atoms with Gasteiger partial charge >= 0.3 is 0 Å². The third kappa shape index (κ3) is 2.54. The van der Waals surface area contributed by atoms with Crippen molar-refractivity contribution in [1.82, 2.24) is 15.5 Å². The van der Waals surface area contributed by atoms with Crippen molar-refractivity contribution in [2.24, 2.45) is 0 Å². The molecule has 0 aliphatic carbocycles. The zero-order chi connectivity index (χ0) is 14.9. The molecule has 1 heterocycles. The van der Waals surface area contributed by atoms with Crippen molar-refractivity contribution in [3.8, 4) is 0 Å². The average Bonchev–Trinajstić information content (AvgIpc) is 2.68. The highest BCUT2D eigenvalue weighted by atomic mass is 19.1. The zero-order valence-electron chi connectivity index (χ0n) is 11.4. The first-order chi connectivity index (χ1) is 9.41. The molecule has 4 nitrogen and oxygen atoms in total. The Bertz CT molecular complexity index is 612. The summed E-state index contributed by atoms with van der Waals surface area (Å²) in [5.41, 5.74) is 1.40. The number of amides is 1. The van der Waals surface area contributed by atoms with E-state index < -0.39 is 23.6 Å². The van der Waals surface area contributed by atoms with Crippen molar-refractivity contribution in [3.63, 3.8) is 0 Å². The fourth-order valence-corrected chi connectivity index (χ4v) is 2.15. The van der Waals surface area contributed by atoms with Gasteiger partial charge in [0.1, 0.15) is 11.6 Å². The maximum absolute atomic E-state index is 13.6. The summed E-state index contributed by atoms with van der Waals surface area (Å²) in [5.74, 6) is -1.78. The van der Waals surface area contributed by atoms with Crippen LogP contribution in [0.15, 0.2) is 18.2 Å². The molecule has 1 aromatic heterocycles. The lowest BCUT2D eigenvalue weighted by Gasteiger charge is -2.16. The number of nitrogens with zero attached hydrogens (tertiary/aromatic N) is 1. The molecule has 0 bridgehead atoms. The van der Waals surface area contributed by atoms with Crippen LogP contribution in [-0.4, -0.2) is 16.1 Å². The second-order valence-electron chi connectivity index (χ2n) is 4.64. The molecule has 2 N–H and O–H groups in total.